The maximum atomic E-state index is 4.69. The lowest BCUT2D eigenvalue weighted by Crippen LogP contribution is -2.33. The highest BCUT2D eigenvalue weighted by atomic mass is 15.2. The van der Waals surface area contributed by atoms with Crippen molar-refractivity contribution in [2.45, 2.75) is 44.9 Å². The zero-order valence-electron chi connectivity index (χ0n) is 8.47. The van der Waals surface area contributed by atoms with Crippen LogP contribution < -0.4 is 0 Å². The number of rotatable bonds is 0. The average molecular weight is 180 g/mol. The van der Waals surface area contributed by atoms with E-state index in [1.54, 1.807) is 0 Å². The van der Waals surface area contributed by atoms with Crippen LogP contribution in [0.25, 0.3) is 0 Å². The smallest absolute Gasteiger partial charge is 0.0988 e. The Morgan fingerprint density at radius 2 is 1.62 bits per heavy atom. The molecule has 0 saturated carbocycles. The first-order valence-electron chi connectivity index (χ1n) is 5.75. The van der Waals surface area contributed by atoms with Crippen molar-refractivity contribution in [3.8, 4) is 0 Å². The predicted molar refractivity (Wildman–Crippen MR) is 56.2 cm³/mol. The van der Waals surface area contributed by atoms with E-state index in [4.69, 9.17) is 0 Å². The van der Waals surface area contributed by atoms with Crippen LogP contribution in [0.3, 0.4) is 0 Å². The van der Waals surface area contributed by atoms with Crippen molar-refractivity contribution in [2.75, 3.05) is 19.6 Å². The molecule has 1 saturated heterocycles. The summed E-state index contributed by atoms with van der Waals surface area (Å²) >= 11 is 0. The van der Waals surface area contributed by atoms with Crippen molar-refractivity contribution >= 4 is 5.84 Å². The molecule has 2 heterocycles. The van der Waals surface area contributed by atoms with Gasteiger partial charge in [-0.15, -0.1) is 0 Å². The number of aliphatic imine (C=N–C) groups is 1. The van der Waals surface area contributed by atoms with Crippen molar-refractivity contribution in [3.05, 3.63) is 0 Å². The van der Waals surface area contributed by atoms with E-state index in [9.17, 15) is 0 Å². The Bertz CT molecular complexity index is 187. The van der Waals surface area contributed by atoms with Crippen molar-refractivity contribution in [3.63, 3.8) is 0 Å². The molecule has 0 aromatic carbocycles. The quantitative estimate of drug-likeness (QED) is 0.559. The van der Waals surface area contributed by atoms with Crippen molar-refractivity contribution < 1.29 is 0 Å². The van der Waals surface area contributed by atoms with Gasteiger partial charge in [-0.25, -0.2) is 0 Å². The first kappa shape index (κ1) is 9.04. The molecular formula is C11H20N2. The standard InChI is InChI=1S/C11H20N2/c1-2-5-9-13-10-6-4-8-12-11(13)7-3-1/h1-10H2. The fraction of sp³-hybridized carbons (Fsp3) is 0.909. The Morgan fingerprint density at radius 3 is 2.54 bits per heavy atom. The molecule has 74 valence electrons. The van der Waals surface area contributed by atoms with Gasteiger partial charge in [0, 0.05) is 26.1 Å². The van der Waals surface area contributed by atoms with E-state index in [0.29, 0.717) is 0 Å². The van der Waals surface area contributed by atoms with E-state index in [1.807, 2.05) is 0 Å². The van der Waals surface area contributed by atoms with Crippen LogP contribution in [0.2, 0.25) is 0 Å². The molecule has 0 bridgehead atoms. The molecule has 13 heavy (non-hydrogen) atoms. The normalized spacial score (nSPS) is 25.2. The van der Waals surface area contributed by atoms with Gasteiger partial charge in [0.1, 0.15) is 0 Å². The second kappa shape index (κ2) is 4.64. The fourth-order valence-electron chi connectivity index (χ4n) is 2.27. The first-order valence-corrected chi connectivity index (χ1v) is 5.75. The van der Waals surface area contributed by atoms with E-state index < -0.39 is 0 Å². The van der Waals surface area contributed by atoms with E-state index in [0.717, 1.165) is 6.54 Å². The van der Waals surface area contributed by atoms with Crippen LogP contribution in [0.1, 0.15) is 44.9 Å². The van der Waals surface area contributed by atoms with Crippen LogP contribution in [0.4, 0.5) is 0 Å². The van der Waals surface area contributed by atoms with Gasteiger partial charge in [0.15, 0.2) is 0 Å². The van der Waals surface area contributed by atoms with E-state index in [1.165, 1.54) is 63.9 Å². The van der Waals surface area contributed by atoms with Crippen LogP contribution in [0.5, 0.6) is 0 Å². The van der Waals surface area contributed by atoms with E-state index in [2.05, 4.69) is 9.89 Å². The molecule has 0 aromatic rings. The van der Waals surface area contributed by atoms with Crippen molar-refractivity contribution in [1.82, 2.24) is 4.90 Å². The molecule has 0 unspecified atom stereocenters. The SMILES string of the molecule is C1CCCN2CCCCN=C2CC1. The monoisotopic (exact) mass is 180 g/mol. The van der Waals surface area contributed by atoms with Crippen LogP contribution in [0, 0.1) is 0 Å². The summed E-state index contributed by atoms with van der Waals surface area (Å²) in [6.07, 6.45) is 9.43. The minimum Gasteiger partial charge on any atom is -0.360 e. The van der Waals surface area contributed by atoms with Gasteiger partial charge in [0.25, 0.3) is 0 Å². The molecule has 0 aliphatic carbocycles. The molecule has 2 heteroatoms. The summed E-state index contributed by atoms with van der Waals surface area (Å²) < 4.78 is 0. The molecule has 2 nitrogen and oxygen atoms in total. The summed E-state index contributed by atoms with van der Waals surface area (Å²) in [6, 6.07) is 0. The third kappa shape index (κ3) is 2.45. The highest BCUT2D eigenvalue weighted by Crippen LogP contribution is 2.15. The van der Waals surface area contributed by atoms with Gasteiger partial charge < -0.3 is 4.90 Å². The first-order chi connectivity index (χ1) is 6.47. The summed E-state index contributed by atoms with van der Waals surface area (Å²) in [7, 11) is 0. The minimum absolute atomic E-state index is 1.08. The van der Waals surface area contributed by atoms with Gasteiger partial charge in [-0.3, -0.25) is 4.99 Å². The largest absolute Gasteiger partial charge is 0.360 e. The lowest BCUT2D eigenvalue weighted by molar-refractivity contribution is 0.378. The molecule has 2 aliphatic heterocycles. The van der Waals surface area contributed by atoms with Crippen LogP contribution in [-0.4, -0.2) is 30.4 Å². The van der Waals surface area contributed by atoms with Gasteiger partial charge >= 0.3 is 0 Å². The predicted octanol–water partition coefficient (Wildman–Crippen LogP) is 2.44. The molecule has 0 spiro atoms. The third-order valence-electron chi connectivity index (χ3n) is 3.07. The highest BCUT2D eigenvalue weighted by molar-refractivity contribution is 5.82. The maximum absolute atomic E-state index is 4.69. The average Bonchev–Trinajstić information content (AvgIpc) is 2.30. The molecule has 0 atom stereocenters. The molecule has 0 amide bonds. The van der Waals surface area contributed by atoms with E-state index >= 15 is 0 Å². The molecule has 1 fully saturated rings. The Morgan fingerprint density at radius 1 is 0.846 bits per heavy atom. The van der Waals surface area contributed by atoms with Gasteiger partial charge in [0.2, 0.25) is 0 Å². The Labute approximate surface area is 81.0 Å². The summed E-state index contributed by atoms with van der Waals surface area (Å²) in [5, 5.41) is 0. The summed E-state index contributed by atoms with van der Waals surface area (Å²) in [5.41, 5.74) is 0. The highest BCUT2D eigenvalue weighted by Gasteiger charge is 2.14. The van der Waals surface area contributed by atoms with E-state index in [-0.39, 0.29) is 0 Å². The zero-order valence-corrected chi connectivity index (χ0v) is 8.47. The maximum Gasteiger partial charge on any atom is 0.0988 e. The Kier molecular flexibility index (Phi) is 3.22. The number of hydrogen-bond acceptors (Lipinski definition) is 2. The second-order valence-corrected chi connectivity index (χ2v) is 4.16. The van der Waals surface area contributed by atoms with Crippen molar-refractivity contribution in [2.24, 2.45) is 4.99 Å². The second-order valence-electron chi connectivity index (χ2n) is 4.16. The van der Waals surface area contributed by atoms with Crippen molar-refractivity contribution in [1.29, 1.82) is 0 Å². The summed E-state index contributed by atoms with van der Waals surface area (Å²) in [5.74, 6) is 1.41. The molecule has 0 radical (unpaired) electrons. The van der Waals surface area contributed by atoms with Crippen LogP contribution in [0.15, 0.2) is 4.99 Å². The summed E-state index contributed by atoms with van der Waals surface area (Å²) in [6.45, 7) is 3.60. The van der Waals surface area contributed by atoms with Crippen LogP contribution >= 0.6 is 0 Å². The fourth-order valence-corrected chi connectivity index (χ4v) is 2.27. The minimum atomic E-state index is 1.08. The van der Waals surface area contributed by atoms with Gasteiger partial charge in [-0.1, -0.05) is 12.8 Å². The Balaban J connectivity index is 2.01. The number of amidine groups is 1. The lowest BCUT2D eigenvalue weighted by Gasteiger charge is -2.26. The number of nitrogens with zero attached hydrogens (tertiary/aromatic N) is 2. The zero-order chi connectivity index (χ0) is 8.93. The Hall–Kier alpha value is -0.530. The van der Waals surface area contributed by atoms with Gasteiger partial charge in [0.05, 0.1) is 5.84 Å². The molecule has 2 rings (SSSR count). The molecular weight excluding hydrogens is 160 g/mol. The lowest BCUT2D eigenvalue weighted by atomic mass is 10.1. The number of fused-ring (bicyclic) bond motifs is 1. The van der Waals surface area contributed by atoms with Crippen LogP contribution in [-0.2, 0) is 0 Å². The topological polar surface area (TPSA) is 15.6 Å². The van der Waals surface area contributed by atoms with Gasteiger partial charge in [-0.05, 0) is 25.7 Å². The molecule has 0 aromatic heterocycles. The molecule has 2 aliphatic rings. The molecule has 0 N–H and O–H groups in total. The number of hydrogen-bond donors (Lipinski definition) is 0. The van der Waals surface area contributed by atoms with Gasteiger partial charge in [-0.2, -0.15) is 0 Å². The summed E-state index contributed by atoms with van der Waals surface area (Å²) in [4.78, 5) is 7.22. The third-order valence-corrected chi connectivity index (χ3v) is 3.07.